The molecule has 12 nitrogen and oxygen atoms in total. The van der Waals surface area contributed by atoms with Gasteiger partial charge >= 0.3 is 0 Å². The second-order valence-corrected chi connectivity index (χ2v) is 8.44. The van der Waals surface area contributed by atoms with E-state index in [1.807, 2.05) is 13.8 Å². The Morgan fingerprint density at radius 3 is 1.33 bits per heavy atom. The van der Waals surface area contributed by atoms with Crippen molar-refractivity contribution in [3.05, 3.63) is 0 Å². The van der Waals surface area contributed by atoms with Crippen molar-refractivity contribution < 1.29 is 19.2 Å². The predicted octanol–water partition coefficient (Wildman–Crippen LogP) is -1.91. The van der Waals surface area contributed by atoms with Crippen molar-refractivity contribution in [2.75, 3.05) is 92.6 Å². The first-order chi connectivity index (χ1) is 17.4. The number of rotatable bonds is 23. The van der Waals surface area contributed by atoms with Crippen molar-refractivity contribution in [1.29, 1.82) is 0 Å². The molecule has 0 spiro atoms. The quantitative estimate of drug-likeness (QED) is 0.0867. The molecule has 0 saturated heterocycles. The van der Waals surface area contributed by atoms with Crippen molar-refractivity contribution in [3.63, 3.8) is 0 Å². The summed E-state index contributed by atoms with van der Waals surface area (Å²) in [5, 5.41) is 17.5. The molecule has 0 unspecified atom stereocenters. The molecule has 0 heterocycles. The Hall–Kier alpha value is -2.28. The molecular weight excluding hydrogens is 464 g/mol. The van der Waals surface area contributed by atoms with Gasteiger partial charge in [0.25, 0.3) is 0 Å². The molecule has 0 rings (SSSR count). The molecule has 0 radical (unpaired) electrons. The Balaban J connectivity index is 4.73. The molecule has 0 bridgehead atoms. The van der Waals surface area contributed by atoms with Crippen molar-refractivity contribution in [2.24, 2.45) is 0 Å². The molecule has 0 aromatic carbocycles. The highest BCUT2D eigenvalue weighted by atomic mass is 16.2. The van der Waals surface area contributed by atoms with Gasteiger partial charge in [0.05, 0.1) is 0 Å². The maximum Gasteiger partial charge on any atom is 0.221 e. The first-order valence-electron chi connectivity index (χ1n) is 13.2. The van der Waals surface area contributed by atoms with Gasteiger partial charge in [0.1, 0.15) is 0 Å². The van der Waals surface area contributed by atoms with Gasteiger partial charge in [0, 0.05) is 118 Å². The average Bonchev–Trinajstić information content (AvgIpc) is 2.86. The van der Waals surface area contributed by atoms with Crippen LogP contribution in [-0.4, -0.2) is 126 Å². The number of carbonyl (C=O) groups excluding carboxylic acids is 4. The zero-order valence-corrected chi connectivity index (χ0v) is 22.8. The smallest absolute Gasteiger partial charge is 0.221 e. The summed E-state index contributed by atoms with van der Waals surface area (Å²) < 4.78 is 0. The third-order valence-corrected chi connectivity index (χ3v) is 5.62. The first-order valence-corrected chi connectivity index (χ1v) is 13.2. The number of hydrogen-bond acceptors (Lipinski definition) is 8. The van der Waals surface area contributed by atoms with Gasteiger partial charge in [0.15, 0.2) is 0 Å². The Kier molecular flexibility index (Phi) is 21.7. The van der Waals surface area contributed by atoms with Crippen molar-refractivity contribution in [1.82, 2.24) is 41.7 Å². The molecule has 210 valence electrons. The topological polar surface area (TPSA) is 147 Å². The Morgan fingerprint density at radius 1 is 0.500 bits per heavy atom. The van der Waals surface area contributed by atoms with Gasteiger partial charge in [-0.25, -0.2) is 0 Å². The molecule has 0 atom stereocenters. The highest BCUT2D eigenvalue weighted by Crippen LogP contribution is 1.97. The summed E-state index contributed by atoms with van der Waals surface area (Å²) in [6.07, 6.45) is 1.70. The molecule has 0 aromatic rings. The zero-order chi connectivity index (χ0) is 27.0. The molecule has 4 amide bonds. The highest BCUT2D eigenvalue weighted by molar-refractivity contribution is 5.76. The van der Waals surface area contributed by atoms with E-state index in [4.69, 9.17) is 0 Å². The fourth-order valence-corrected chi connectivity index (χ4v) is 3.42. The lowest BCUT2D eigenvalue weighted by Crippen LogP contribution is -2.43. The number of nitrogens with one attached hydrogen (secondary N) is 6. The van der Waals surface area contributed by atoms with Crippen LogP contribution in [-0.2, 0) is 19.2 Å². The molecule has 0 aliphatic carbocycles. The minimum absolute atomic E-state index is 0.00123. The third kappa shape index (κ3) is 20.0. The maximum absolute atomic E-state index is 12.0. The first kappa shape index (κ1) is 33.7. The van der Waals surface area contributed by atoms with E-state index < -0.39 is 0 Å². The lowest BCUT2D eigenvalue weighted by Gasteiger charge is -2.28. The van der Waals surface area contributed by atoms with E-state index >= 15 is 0 Å². The van der Waals surface area contributed by atoms with Crippen LogP contribution >= 0.6 is 0 Å². The minimum Gasteiger partial charge on any atom is -0.359 e. The van der Waals surface area contributed by atoms with Crippen molar-refractivity contribution >= 4 is 23.6 Å². The van der Waals surface area contributed by atoms with Gasteiger partial charge in [-0.1, -0.05) is 0 Å². The van der Waals surface area contributed by atoms with E-state index in [0.717, 1.165) is 26.2 Å². The van der Waals surface area contributed by atoms with Gasteiger partial charge in [-0.2, -0.15) is 0 Å². The number of hydrogen-bond donors (Lipinski definition) is 6. The Morgan fingerprint density at radius 2 is 0.889 bits per heavy atom. The molecule has 0 aliphatic rings. The number of nitrogens with zero attached hydrogens (tertiary/aromatic N) is 2. The number of carbonyl (C=O) groups is 4. The van der Waals surface area contributed by atoms with E-state index in [-0.39, 0.29) is 23.6 Å². The molecule has 0 fully saturated rings. The normalized spacial score (nSPS) is 10.9. The van der Waals surface area contributed by atoms with Crippen LogP contribution in [0.1, 0.15) is 39.5 Å². The average molecular weight is 515 g/mol. The summed E-state index contributed by atoms with van der Waals surface area (Å²) in [5.41, 5.74) is 0. The van der Waals surface area contributed by atoms with Crippen LogP contribution in [0.15, 0.2) is 0 Å². The van der Waals surface area contributed by atoms with Crippen LogP contribution in [0.25, 0.3) is 0 Å². The molecule has 6 N–H and O–H groups in total. The van der Waals surface area contributed by atoms with E-state index in [2.05, 4.69) is 41.7 Å². The zero-order valence-electron chi connectivity index (χ0n) is 22.8. The Bertz CT molecular complexity index is 621. The van der Waals surface area contributed by atoms with Crippen molar-refractivity contribution in [2.45, 2.75) is 39.5 Å². The lowest BCUT2D eigenvalue weighted by atomic mass is 10.3. The molecule has 12 heteroatoms. The molecule has 0 aliphatic heterocycles. The van der Waals surface area contributed by atoms with E-state index in [9.17, 15) is 19.2 Å². The van der Waals surface area contributed by atoms with Crippen LogP contribution in [0.5, 0.6) is 0 Å². The van der Waals surface area contributed by atoms with E-state index in [0.29, 0.717) is 78.0 Å². The SMILES string of the molecule is CCNC(=O)CCNCCN(CCC(=O)NCC)CCN(CCNCCC(=O)NC)CCC(=O)NC. The van der Waals surface area contributed by atoms with Crippen LogP contribution in [0.4, 0.5) is 0 Å². The largest absolute Gasteiger partial charge is 0.359 e. The van der Waals surface area contributed by atoms with Gasteiger partial charge in [-0.3, -0.25) is 19.2 Å². The van der Waals surface area contributed by atoms with Crippen LogP contribution in [0.3, 0.4) is 0 Å². The highest BCUT2D eigenvalue weighted by Gasteiger charge is 2.13. The summed E-state index contributed by atoms with van der Waals surface area (Å²) in [6, 6.07) is 0. The second kappa shape index (κ2) is 23.1. The summed E-state index contributed by atoms with van der Waals surface area (Å²) >= 11 is 0. The van der Waals surface area contributed by atoms with Gasteiger partial charge in [0.2, 0.25) is 23.6 Å². The molecule has 0 aromatic heterocycles. The number of amides is 4. The molecule has 36 heavy (non-hydrogen) atoms. The standard InChI is InChI=1S/C24H50N8O4/c1-5-29-23(35)8-12-28-14-18-32(16-10-24(36)30-6-2)20-19-31(15-9-22(34)26-4)17-13-27-11-7-21(33)25-3/h27-28H,5-20H2,1-4H3,(H,25,33)(H,26,34)(H,29,35)(H,30,36). The maximum atomic E-state index is 12.0. The summed E-state index contributed by atoms with van der Waals surface area (Å²) in [4.78, 5) is 51.2. The predicted molar refractivity (Wildman–Crippen MR) is 143 cm³/mol. The summed E-state index contributed by atoms with van der Waals surface area (Å²) in [7, 11) is 3.26. The van der Waals surface area contributed by atoms with Crippen LogP contribution in [0.2, 0.25) is 0 Å². The van der Waals surface area contributed by atoms with Gasteiger partial charge in [-0.15, -0.1) is 0 Å². The van der Waals surface area contributed by atoms with Gasteiger partial charge < -0.3 is 41.7 Å². The lowest BCUT2D eigenvalue weighted by molar-refractivity contribution is -0.122. The minimum atomic E-state index is -0.00280. The van der Waals surface area contributed by atoms with Crippen LogP contribution < -0.4 is 31.9 Å². The molecule has 0 saturated carbocycles. The third-order valence-electron chi connectivity index (χ3n) is 5.62. The fraction of sp³-hybridized carbons (Fsp3) is 0.833. The van der Waals surface area contributed by atoms with E-state index in [1.54, 1.807) is 14.1 Å². The van der Waals surface area contributed by atoms with E-state index in [1.165, 1.54) is 0 Å². The second-order valence-electron chi connectivity index (χ2n) is 8.44. The van der Waals surface area contributed by atoms with Gasteiger partial charge in [-0.05, 0) is 13.8 Å². The summed E-state index contributed by atoms with van der Waals surface area (Å²) in [5.74, 6) is 0.0653. The van der Waals surface area contributed by atoms with Crippen LogP contribution in [0, 0.1) is 0 Å². The Labute approximate surface area is 217 Å². The fourth-order valence-electron chi connectivity index (χ4n) is 3.42. The van der Waals surface area contributed by atoms with Crippen molar-refractivity contribution in [3.8, 4) is 0 Å². The summed E-state index contributed by atoms with van der Waals surface area (Å²) in [6.45, 7) is 12.0. The monoisotopic (exact) mass is 514 g/mol. The molecular formula is C24H50N8O4.